The molecular formula is C15H20N2O2. The zero-order chi connectivity index (χ0) is 13.2. The molecule has 4 heteroatoms. The van der Waals surface area contributed by atoms with Crippen molar-refractivity contribution in [3.05, 3.63) is 30.0 Å². The maximum atomic E-state index is 5.30. The first-order valence-electron chi connectivity index (χ1n) is 6.70. The summed E-state index contributed by atoms with van der Waals surface area (Å²) in [5, 5.41) is 1.26. The SMILES string of the molecule is COc1ccc2[nH]cc(CCN(C)C3COC3)c2c1. The Labute approximate surface area is 113 Å². The number of fused-ring (bicyclic) bond motifs is 1. The molecule has 0 spiro atoms. The number of methoxy groups -OCH3 is 1. The number of ether oxygens (including phenoxy) is 2. The van der Waals surface area contributed by atoms with E-state index in [4.69, 9.17) is 9.47 Å². The van der Waals surface area contributed by atoms with Crippen molar-refractivity contribution in [2.45, 2.75) is 12.5 Å². The molecule has 0 unspecified atom stereocenters. The number of aromatic amines is 1. The molecule has 0 amide bonds. The van der Waals surface area contributed by atoms with Crippen LogP contribution in [0, 0.1) is 0 Å². The minimum Gasteiger partial charge on any atom is -0.497 e. The van der Waals surface area contributed by atoms with E-state index in [-0.39, 0.29) is 0 Å². The lowest BCUT2D eigenvalue weighted by atomic mass is 10.1. The van der Waals surface area contributed by atoms with Crippen molar-refractivity contribution in [1.82, 2.24) is 9.88 Å². The van der Waals surface area contributed by atoms with Crippen molar-refractivity contribution >= 4 is 10.9 Å². The van der Waals surface area contributed by atoms with Gasteiger partial charge in [-0.15, -0.1) is 0 Å². The average molecular weight is 260 g/mol. The van der Waals surface area contributed by atoms with E-state index in [2.05, 4.69) is 35.3 Å². The van der Waals surface area contributed by atoms with E-state index in [1.54, 1.807) is 7.11 Å². The number of nitrogens with one attached hydrogen (secondary N) is 1. The van der Waals surface area contributed by atoms with Gasteiger partial charge in [-0.25, -0.2) is 0 Å². The zero-order valence-corrected chi connectivity index (χ0v) is 11.5. The zero-order valence-electron chi connectivity index (χ0n) is 11.5. The number of likely N-dealkylation sites (N-methyl/N-ethyl adjacent to an activating group) is 1. The fourth-order valence-corrected chi connectivity index (χ4v) is 2.45. The number of aromatic nitrogens is 1. The Morgan fingerprint density at radius 3 is 2.95 bits per heavy atom. The summed E-state index contributed by atoms with van der Waals surface area (Å²) >= 11 is 0. The Hall–Kier alpha value is -1.52. The second-order valence-corrected chi connectivity index (χ2v) is 5.15. The third-order valence-electron chi connectivity index (χ3n) is 3.95. The average Bonchev–Trinajstić information content (AvgIpc) is 2.76. The molecule has 102 valence electrons. The van der Waals surface area contributed by atoms with Crippen LogP contribution in [-0.4, -0.2) is 49.8 Å². The Morgan fingerprint density at radius 1 is 1.42 bits per heavy atom. The fourth-order valence-electron chi connectivity index (χ4n) is 2.45. The van der Waals surface area contributed by atoms with E-state index in [0.717, 1.165) is 31.9 Å². The summed E-state index contributed by atoms with van der Waals surface area (Å²) < 4.78 is 10.5. The molecule has 4 nitrogen and oxygen atoms in total. The molecule has 1 aromatic carbocycles. The molecule has 19 heavy (non-hydrogen) atoms. The second kappa shape index (κ2) is 5.23. The molecule has 0 radical (unpaired) electrons. The summed E-state index contributed by atoms with van der Waals surface area (Å²) in [4.78, 5) is 5.70. The quantitative estimate of drug-likeness (QED) is 0.894. The molecule has 1 aliphatic heterocycles. The van der Waals surface area contributed by atoms with Crippen LogP contribution in [0.25, 0.3) is 10.9 Å². The fraction of sp³-hybridized carbons (Fsp3) is 0.467. The van der Waals surface area contributed by atoms with Crippen molar-refractivity contribution in [2.24, 2.45) is 0 Å². The maximum Gasteiger partial charge on any atom is 0.119 e. The van der Waals surface area contributed by atoms with Crippen LogP contribution < -0.4 is 4.74 Å². The number of rotatable bonds is 5. The van der Waals surface area contributed by atoms with E-state index in [0.29, 0.717) is 6.04 Å². The lowest BCUT2D eigenvalue weighted by molar-refractivity contribution is -0.0555. The van der Waals surface area contributed by atoms with Crippen molar-refractivity contribution in [3.8, 4) is 5.75 Å². The summed E-state index contributed by atoms with van der Waals surface area (Å²) in [7, 11) is 3.88. The van der Waals surface area contributed by atoms with Crippen LogP contribution in [0.2, 0.25) is 0 Å². The molecule has 1 saturated heterocycles. The molecule has 2 aromatic rings. The predicted octanol–water partition coefficient (Wildman–Crippen LogP) is 2.05. The highest BCUT2D eigenvalue weighted by Crippen LogP contribution is 2.24. The Bertz CT molecular complexity index is 560. The largest absolute Gasteiger partial charge is 0.497 e. The number of H-pyrrole nitrogens is 1. The lowest BCUT2D eigenvalue weighted by Gasteiger charge is -2.34. The van der Waals surface area contributed by atoms with Gasteiger partial charge in [0.05, 0.1) is 26.4 Å². The van der Waals surface area contributed by atoms with Crippen LogP contribution >= 0.6 is 0 Å². The van der Waals surface area contributed by atoms with E-state index < -0.39 is 0 Å². The molecule has 1 aliphatic rings. The molecule has 1 aromatic heterocycles. The maximum absolute atomic E-state index is 5.30. The Balaban J connectivity index is 1.72. The standard InChI is InChI=1S/C15H20N2O2/c1-17(12-9-19-10-12)6-5-11-8-16-15-4-3-13(18-2)7-14(11)15/h3-4,7-8,12,16H,5-6,9-10H2,1-2H3. The summed E-state index contributed by atoms with van der Waals surface area (Å²) in [5.74, 6) is 0.911. The van der Waals surface area contributed by atoms with Gasteiger partial charge < -0.3 is 14.5 Å². The lowest BCUT2D eigenvalue weighted by Crippen LogP contribution is -2.47. The number of hydrogen-bond acceptors (Lipinski definition) is 3. The minimum atomic E-state index is 0.597. The van der Waals surface area contributed by atoms with Gasteiger partial charge in [-0.3, -0.25) is 4.90 Å². The number of hydrogen-bond donors (Lipinski definition) is 1. The Kier molecular flexibility index (Phi) is 3.44. The van der Waals surface area contributed by atoms with E-state index in [1.165, 1.54) is 16.5 Å². The van der Waals surface area contributed by atoms with Gasteiger partial charge in [-0.2, -0.15) is 0 Å². The van der Waals surface area contributed by atoms with Crippen molar-refractivity contribution in [3.63, 3.8) is 0 Å². The third-order valence-corrected chi connectivity index (χ3v) is 3.95. The number of benzene rings is 1. The number of nitrogens with zero attached hydrogens (tertiary/aromatic N) is 1. The first-order chi connectivity index (χ1) is 9.28. The smallest absolute Gasteiger partial charge is 0.119 e. The second-order valence-electron chi connectivity index (χ2n) is 5.15. The highest BCUT2D eigenvalue weighted by molar-refractivity contribution is 5.84. The minimum absolute atomic E-state index is 0.597. The van der Waals surface area contributed by atoms with Crippen LogP contribution in [-0.2, 0) is 11.2 Å². The van der Waals surface area contributed by atoms with Crippen molar-refractivity contribution < 1.29 is 9.47 Å². The molecule has 3 rings (SSSR count). The van der Waals surface area contributed by atoms with Gasteiger partial charge in [0.25, 0.3) is 0 Å². The molecule has 0 bridgehead atoms. The third kappa shape index (κ3) is 2.46. The van der Waals surface area contributed by atoms with Gasteiger partial charge >= 0.3 is 0 Å². The first kappa shape index (κ1) is 12.5. The first-order valence-corrected chi connectivity index (χ1v) is 6.70. The molecule has 2 heterocycles. The van der Waals surface area contributed by atoms with E-state index in [9.17, 15) is 0 Å². The molecule has 0 saturated carbocycles. The summed E-state index contributed by atoms with van der Waals surface area (Å²) in [6, 6.07) is 6.76. The molecule has 0 aliphatic carbocycles. The molecule has 1 N–H and O–H groups in total. The molecular weight excluding hydrogens is 240 g/mol. The van der Waals surface area contributed by atoms with Gasteiger partial charge in [0.15, 0.2) is 0 Å². The highest BCUT2D eigenvalue weighted by Gasteiger charge is 2.22. The summed E-state index contributed by atoms with van der Waals surface area (Å²) in [6.45, 7) is 2.80. The van der Waals surface area contributed by atoms with E-state index >= 15 is 0 Å². The monoisotopic (exact) mass is 260 g/mol. The van der Waals surface area contributed by atoms with Gasteiger partial charge in [0.2, 0.25) is 0 Å². The normalized spacial score (nSPS) is 15.9. The van der Waals surface area contributed by atoms with Crippen LogP contribution in [0.15, 0.2) is 24.4 Å². The van der Waals surface area contributed by atoms with Gasteiger partial charge in [-0.1, -0.05) is 0 Å². The highest BCUT2D eigenvalue weighted by atomic mass is 16.5. The summed E-state index contributed by atoms with van der Waals surface area (Å²) in [5.41, 5.74) is 2.52. The van der Waals surface area contributed by atoms with Crippen LogP contribution in [0.5, 0.6) is 5.75 Å². The molecule has 0 atom stereocenters. The van der Waals surface area contributed by atoms with E-state index in [1.807, 2.05) is 6.07 Å². The topological polar surface area (TPSA) is 37.5 Å². The van der Waals surface area contributed by atoms with Gasteiger partial charge in [0, 0.05) is 23.6 Å². The molecule has 1 fully saturated rings. The van der Waals surface area contributed by atoms with Crippen LogP contribution in [0.4, 0.5) is 0 Å². The Morgan fingerprint density at radius 2 is 2.26 bits per heavy atom. The van der Waals surface area contributed by atoms with Crippen molar-refractivity contribution in [1.29, 1.82) is 0 Å². The van der Waals surface area contributed by atoms with Gasteiger partial charge in [-0.05, 0) is 37.2 Å². The van der Waals surface area contributed by atoms with Gasteiger partial charge in [0.1, 0.15) is 5.75 Å². The van der Waals surface area contributed by atoms with Crippen LogP contribution in [0.1, 0.15) is 5.56 Å². The van der Waals surface area contributed by atoms with Crippen molar-refractivity contribution in [2.75, 3.05) is 33.9 Å². The summed E-state index contributed by atoms with van der Waals surface area (Å²) in [6.07, 6.45) is 3.15. The predicted molar refractivity (Wildman–Crippen MR) is 75.8 cm³/mol. The van der Waals surface area contributed by atoms with Crippen LogP contribution in [0.3, 0.4) is 0 Å².